The second kappa shape index (κ2) is 11.2. The second-order valence-electron chi connectivity index (χ2n) is 7.53. The van der Waals surface area contributed by atoms with Crippen molar-refractivity contribution in [3.05, 3.63) is 72.1 Å². The topological polar surface area (TPSA) is 136 Å². The third-order valence-corrected chi connectivity index (χ3v) is 4.87. The fourth-order valence-corrected chi connectivity index (χ4v) is 3.42. The summed E-state index contributed by atoms with van der Waals surface area (Å²) >= 11 is 0. The van der Waals surface area contributed by atoms with Crippen LogP contribution in [0.4, 0.5) is 23.0 Å². The first-order valence-electron chi connectivity index (χ1n) is 12.5. The molecule has 0 saturated carbocycles. The fraction of sp³-hybridized carbons (Fsp3) is 0.200. The number of aryl methyl sites for hydroxylation is 2. The van der Waals surface area contributed by atoms with Gasteiger partial charge in [-0.15, -0.1) is 0 Å². The zero-order valence-electron chi connectivity index (χ0n) is 22.9. The molecular formula is C25H26N8O3. The number of hydroxylamine groups is 1. The minimum absolute atomic E-state index is 0.0202. The van der Waals surface area contributed by atoms with Gasteiger partial charge in [0.2, 0.25) is 0 Å². The Morgan fingerprint density at radius 3 is 2.58 bits per heavy atom. The Hall–Kier alpha value is -4.64. The fourth-order valence-electron chi connectivity index (χ4n) is 3.42. The van der Waals surface area contributed by atoms with Gasteiger partial charge in [-0.05, 0) is 39.0 Å². The summed E-state index contributed by atoms with van der Waals surface area (Å²) in [7, 11) is -2.77. The number of para-hydroxylation sites is 1. The number of nitrogens with one attached hydrogen (secondary N) is 3. The molecular weight excluding hydrogens is 460 g/mol. The van der Waals surface area contributed by atoms with Gasteiger partial charge in [0.25, 0.3) is 5.91 Å². The molecule has 0 atom stereocenters. The molecule has 3 aromatic heterocycles. The largest absolute Gasteiger partial charge is 0.494 e. The number of benzene rings is 1. The number of hydrogen-bond donors (Lipinski definition) is 3. The molecule has 3 heterocycles. The van der Waals surface area contributed by atoms with Gasteiger partial charge in [-0.2, -0.15) is 0 Å². The van der Waals surface area contributed by atoms with Gasteiger partial charge >= 0.3 is 0 Å². The summed E-state index contributed by atoms with van der Waals surface area (Å²) in [6, 6.07) is 9.92. The number of carbonyl (C=O) groups is 1. The average Bonchev–Trinajstić information content (AvgIpc) is 2.87. The first kappa shape index (κ1) is 20.7. The van der Waals surface area contributed by atoms with Gasteiger partial charge in [-0.25, -0.2) is 30.4 Å². The molecule has 3 N–H and O–H groups in total. The molecule has 0 aliphatic rings. The molecule has 4 aromatic rings. The molecule has 0 radical (unpaired) electrons. The maximum Gasteiger partial charge on any atom is 0.278 e. The molecule has 0 spiro atoms. The van der Waals surface area contributed by atoms with Crippen LogP contribution in [0.15, 0.2) is 55.0 Å². The van der Waals surface area contributed by atoms with Gasteiger partial charge in [0.05, 0.1) is 40.3 Å². The van der Waals surface area contributed by atoms with E-state index in [4.69, 9.17) is 13.7 Å². The zero-order valence-corrected chi connectivity index (χ0v) is 19.9. The van der Waals surface area contributed by atoms with Crippen LogP contribution in [0.5, 0.6) is 5.75 Å². The van der Waals surface area contributed by atoms with Gasteiger partial charge in [-0.3, -0.25) is 9.63 Å². The maximum atomic E-state index is 12.9. The van der Waals surface area contributed by atoms with Crippen molar-refractivity contribution in [2.75, 3.05) is 24.3 Å². The quantitative estimate of drug-likeness (QED) is 0.294. The van der Waals surface area contributed by atoms with Crippen LogP contribution in [0.1, 0.15) is 32.9 Å². The van der Waals surface area contributed by atoms with Gasteiger partial charge in [0.15, 0.2) is 11.6 Å². The van der Waals surface area contributed by atoms with Crippen molar-refractivity contribution in [2.24, 2.45) is 0 Å². The standard InChI is InChI=1S/C25H26N8O3/c1-5-36-33-25(34)18-14-28-21(32-22-12-15(2)29-16(3)30-22)13-20(18)31-19-9-6-8-17(23(19)35-4)24-26-10-7-11-27-24/h6-14H,5H2,1-4H3,(H,33,34)(H2,28,29,30,31,32)/i4D3. The van der Waals surface area contributed by atoms with E-state index in [1.54, 1.807) is 50.2 Å². The lowest BCUT2D eigenvalue weighted by Crippen LogP contribution is -2.24. The number of pyridine rings is 1. The Morgan fingerprint density at radius 1 is 1.00 bits per heavy atom. The molecule has 1 aromatic carbocycles. The van der Waals surface area contributed by atoms with Crippen LogP contribution >= 0.6 is 0 Å². The van der Waals surface area contributed by atoms with Crippen molar-refractivity contribution in [3.8, 4) is 17.1 Å². The minimum atomic E-state index is -2.77. The molecule has 11 nitrogen and oxygen atoms in total. The molecule has 0 saturated heterocycles. The van der Waals surface area contributed by atoms with Gasteiger partial charge in [0.1, 0.15) is 17.5 Å². The van der Waals surface area contributed by atoms with E-state index in [2.05, 4.69) is 41.0 Å². The predicted molar refractivity (Wildman–Crippen MR) is 135 cm³/mol. The first-order chi connectivity index (χ1) is 18.6. The number of nitrogens with zero attached hydrogens (tertiary/aromatic N) is 5. The van der Waals surface area contributed by atoms with Gasteiger partial charge in [-0.1, -0.05) is 6.07 Å². The lowest BCUT2D eigenvalue weighted by Gasteiger charge is -2.17. The monoisotopic (exact) mass is 489 g/mol. The highest BCUT2D eigenvalue weighted by atomic mass is 16.6. The number of amides is 1. The van der Waals surface area contributed by atoms with Crippen LogP contribution < -0.4 is 20.9 Å². The first-order valence-corrected chi connectivity index (χ1v) is 11.0. The van der Waals surface area contributed by atoms with E-state index in [-0.39, 0.29) is 35.1 Å². The number of hydrogen-bond acceptors (Lipinski definition) is 10. The van der Waals surface area contributed by atoms with E-state index in [1.807, 2.05) is 6.92 Å². The predicted octanol–water partition coefficient (Wildman–Crippen LogP) is 4.12. The molecule has 4 rings (SSSR count). The number of carbonyl (C=O) groups excluding carboxylic acids is 1. The van der Waals surface area contributed by atoms with Crippen LogP contribution in [-0.2, 0) is 4.84 Å². The molecule has 36 heavy (non-hydrogen) atoms. The number of anilines is 4. The Morgan fingerprint density at radius 2 is 1.83 bits per heavy atom. The number of rotatable bonds is 9. The third-order valence-electron chi connectivity index (χ3n) is 4.87. The normalized spacial score (nSPS) is 12.1. The number of methoxy groups -OCH3 is 1. The van der Waals surface area contributed by atoms with Crippen molar-refractivity contribution in [3.63, 3.8) is 0 Å². The Labute approximate surface area is 212 Å². The number of ether oxygens (including phenoxy) is 1. The molecule has 184 valence electrons. The average molecular weight is 490 g/mol. The van der Waals surface area contributed by atoms with E-state index in [0.29, 0.717) is 23.0 Å². The summed E-state index contributed by atoms with van der Waals surface area (Å²) in [6.45, 7) is 5.60. The van der Waals surface area contributed by atoms with Crippen LogP contribution in [-0.4, -0.2) is 44.5 Å². The molecule has 1 amide bonds. The summed E-state index contributed by atoms with van der Waals surface area (Å²) in [6.07, 6.45) is 4.43. The second-order valence-corrected chi connectivity index (χ2v) is 7.53. The molecule has 0 bridgehead atoms. The highest BCUT2D eigenvalue weighted by Gasteiger charge is 2.18. The van der Waals surface area contributed by atoms with E-state index >= 15 is 0 Å². The Bertz CT molecular complexity index is 1450. The summed E-state index contributed by atoms with van der Waals surface area (Å²) in [5, 5.41) is 6.23. The summed E-state index contributed by atoms with van der Waals surface area (Å²) < 4.78 is 28.5. The SMILES string of the molecule is [2H]C([2H])([2H])Oc1c(Nc2cc(Nc3cc(C)nc(C)n3)ncc2C(=O)NOCC)cccc1-c1ncccn1. The molecule has 0 aliphatic heterocycles. The lowest BCUT2D eigenvalue weighted by molar-refractivity contribution is 0.0365. The molecule has 0 aliphatic carbocycles. The van der Waals surface area contributed by atoms with Gasteiger partial charge in [0, 0.05) is 36.4 Å². The smallest absolute Gasteiger partial charge is 0.278 e. The minimum Gasteiger partial charge on any atom is -0.494 e. The van der Waals surface area contributed by atoms with Crippen molar-refractivity contribution >= 4 is 28.9 Å². The van der Waals surface area contributed by atoms with E-state index < -0.39 is 12.9 Å². The van der Waals surface area contributed by atoms with Crippen LogP contribution in [0.2, 0.25) is 0 Å². The third kappa shape index (κ3) is 5.70. The summed E-state index contributed by atoms with van der Waals surface area (Å²) in [4.78, 5) is 39.4. The van der Waals surface area contributed by atoms with E-state index in [9.17, 15) is 4.79 Å². The number of aromatic nitrogens is 5. The maximum absolute atomic E-state index is 12.9. The van der Waals surface area contributed by atoms with Gasteiger partial charge < -0.3 is 15.4 Å². The molecule has 0 fully saturated rings. The van der Waals surface area contributed by atoms with Crippen LogP contribution in [0.3, 0.4) is 0 Å². The van der Waals surface area contributed by atoms with Crippen LogP contribution in [0, 0.1) is 13.8 Å². The van der Waals surface area contributed by atoms with E-state index in [0.717, 1.165) is 5.69 Å². The van der Waals surface area contributed by atoms with Crippen molar-refractivity contribution in [2.45, 2.75) is 20.8 Å². The zero-order chi connectivity index (χ0) is 28.0. The Kier molecular flexibility index (Phi) is 6.44. The van der Waals surface area contributed by atoms with Crippen molar-refractivity contribution < 1.29 is 18.5 Å². The molecule has 0 unspecified atom stereocenters. The highest BCUT2D eigenvalue weighted by molar-refractivity contribution is 6.00. The Balaban J connectivity index is 1.79. The highest BCUT2D eigenvalue weighted by Crippen LogP contribution is 2.37. The van der Waals surface area contributed by atoms with Crippen LogP contribution in [0.25, 0.3) is 11.4 Å². The van der Waals surface area contributed by atoms with Crippen molar-refractivity contribution in [1.29, 1.82) is 0 Å². The summed E-state index contributed by atoms with van der Waals surface area (Å²) in [5.41, 5.74) is 4.13. The van der Waals surface area contributed by atoms with E-state index in [1.165, 1.54) is 18.6 Å². The summed E-state index contributed by atoms with van der Waals surface area (Å²) in [5.74, 6) is 1.14. The van der Waals surface area contributed by atoms with Crippen molar-refractivity contribution in [1.82, 2.24) is 30.4 Å². The lowest BCUT2D eigenvalue weighted by atomic mass is 10.1. The molecule has 11 heteroatoms.